The molecule has 0 aliphatic carbocycles. The number of H-pyrrole nitrogens is 1. The standard InChI is InChI=1S/C26H25N5O3/c32-24-17-31(26(33)25-22-10-4-5-11-23(22)28-29-25)16-21(34-18-20-9-6-12-27-13-20)15-30(24)14-19-7-2-1-3-8-19/h1-13,21H,14-18H2,(H,28,29). The summed E-state index contributed by atoms with van der Waals surface area (Å²) in [6.45, 7) is 1.45. The highest BCUT2D eigenvalue weighted by Crippen LogP contribution is 2.20. The lowest BCUT2D eigenvalue weighted by atomic mass is 10.2. The fraction of sp³-hybridized carbons (Fsp3) is 0.231. The molecule has 1 saturated heterocycles. The highest BCUT2D eigenvalue weighted by atomic mass is 16.5. The number of para-hydroxylation sites is 1. The molecule has 5 rings (SSSR count). The van der Waals surface area contributed by atoms with Gasteiger partial charge in [-0.1, -0.05) is 54.6 Å². The van der Waals surface area contributed by atoms with Crippen molar-refractivity contribution >= 4 is 22.7 Å². The van der Waals surface area contributed by atoms with E-state index in [1.165, 1.54) is 0 Å². The summed E-state index contributed by atoms with van der Waals surface area (Å²) in [6, 6.07) is 21.1. The number of carbonyl (C=O) groups is 2. The van der Waals surface area contributed by atoms with Crippen LogP contribution in [0.5, 0.6) is 0 Å². The fourth-order valence-electron chi connectivity index (χ4n) is 4.17. The van der Waals surface area contributed by atoms with Crippen molar-refractivity contribution in [2.75, 3.05) is 19.6 Å². The number of aromatic nitrogens is 3. The van der Waals surface area contributed by atoms with Crippen molar-refractivity contribution in [3.05, 3.63) is 95.9 Å². The summed E-state index contributed by atoms with van der Waals surface area (Å²) in [5.74, 6) is -0.410. The molecule has 0 saturated carbocycles. The molecule has 1 unspecified atom stereocenters. The molecular weight excluding hydrogens is 430 g/mol. The number of fused-ring (bicyclic) bond motifs is 1. The van der Waals surface area contributed by atoms with Gasteiger partial charge in [0.15, 0.2) is 5.69 Å². The molecule has 8 nitrogen and oxygen atoms in total. The first-order valence-electron chi connectivity index (χ1n) is 11.2. The van der Waals surface area contributed by atoms with Gasteiger partial charge in [-0.25, -0.2) is 0 Å². The zero-order valence-electron chi connectivity index (χ0n) is 18.6. The number of ether oxygens (including phenoxy) is 1. The molecule has 3 heterocycles. The van der Waals surface area contributed by atoms with Gasteiger partial charge in [-0.05, 0) is 23.3 Å². The van der Waals surface area contributed by atoms with Gasteiger partial charge in [0.1, 0.15) is 6.54 Å². The Hall–Kier alpha value is -4.04. The molecule has 2 amide bonds. The summed E-state index contributed by atoms with van der Waals surface area (Å²) in [5, 5.41) is 7.88. The van der Waals surface area contributed by atoms with Crippen LogP contribution in [0, 0.1) is 0 Å². The summed E-state index contributed by atoms with van der Waals surface area (Å²) in [5.41, 5.74) is 3.05. The number of nitrogens with zero attached hydrogens (tertiary/aromatic N) is 4. The maximum atomic E-state index is 13.5. The van der Waals surface area contributed by atoms with E-state index in [-0.39, 0.29) is 31.0 Å². The molecule has 1 atom stereocenters. The summed E-state index contributed by atoms with van der Waals surface area (Å²) < 4.78 is 6.19. The molecular formula is C26H25N5O3. The molecule has 1 aliphatic heterocycles. The Balaban J connectivity index is 1.39. The van der Waals surface area contributed by atoms with Crippen LogP contribution in [0.1, 0.15) is 21.6 Å². The predicted octanol–water partition coefficient (Wildman–Crippen LogP) is 3.03. The third-order valence-corrected chi connectivity index (χ3v) is 5.91. The molecule has 8 heteroatoms. The first kappa shape index (κ1) is 21.8. The van der Waals surface area contributed by atoms with Crippen molar-refractivity contribution in [1.29, 1.82) is 0 Å². The maximum absolute atomic E-state index is 13.5. The molecule has 2 aromatic carbocycles. The SMILES string of the molecule is O=C1CN(C(=O)c2n[nH]c3ccccc23)CC(OCc2cccnc2)CN1Cc1ccccc1. The van der Waals surface area contributed by atoms with Crippen molar-refractivity contribution in [3.8, 4) is 0 Å². The topological polar surface area (TPSA) is 91.4 Å². The van der Waals surface area contributed by atoms with E-state index >= 15 is 0 Å². The van der Waals surface area contributed by atoms with E-state index < -0.39 is 0 Å². The monoisotopic (exact) mass is 455 g/mol. The highest BCUT2D eigenvalue weighted by Gasteiger charge is 2.32. The van der Waals surface area contributed by atoms with Gasteiger partial charge in [-0.15, -0.1) is 0 Å². The Bertz CT molecular complexity index is 1280. The number of hydrogen-bond acceptors (Lipinski definition) is 5. The van der Waals surface area contributed by atoms with Crippen LogP contribution in [0.4, 0.5) is 0 Å². The lowest BCUT2D eigenvalue weighted by molar-refractivity contribution is -0.132. The zero-order valence-corrected chi connectivity index (χ0v) is 18.6. The zero-order chi connectivity index (χ0) is 23.3. The lowest BCUT2D eigenvalue weighted by Crippen LogP contribution is -2.40. The van der Waals surface area contributed by atoms with Gasteiger partial charge in [0.25, 0.3) is 5.91 Å². The van der Waals surface area contributed by atoms with Gasteiger partial charge in [-0.2, -0.15) is 5.10 Å². The minimum atomic E-state index is -0.357. The Morgan fingerprint density at radius 3 is 2.62 bits per heavy atom. The van der Waals surface area contributed by atoms with E-state index in [4.69, 9.17) is 4.74 Å². The summed E-state index contributed by atoms with van der Waals surface area (Å²) in [4.78, 5) is 34.1. The predicted molar refractivity (Wildman–Crippen MR) is 127 cm³/mol. The average molecular weight is 456 g/mol. The summed E-state index contributed by atoms with van der Waals surface area (Å²) in [7, 11) is 0. The molecule has 1 fully saturated rings. The van der Waals surface area contributed by atoms with Crippen LogP contribution in [-0.2, 0) is 22.7 Å². The number of pyridine rings is 1. The van der Waals surface area contributed by atoms with Crippen LogP contribution in [-0.4, -0.2) is 62.5 Å². The van der Waals surface area contributed by atoms with Gasteiger partial charge in [0, 0.05) is 37.4 Å². The Kier molecular flexibility index (Phi) is 6.31. The molecule has 34 heavy (non-hydrogen) atoms. The molecule has 0 spiro atoms. The van der Waals surface area contributed by atoms with E-state index in [0.29, 0.717) is 25.4 Å². The number of aromatic amines is 1. The largest absolute Gasteiger partial charge is 0.370 e. The molecule has 2 aromatic heterocycles. The minimum absolute atomic E-state index is 0.0282. The van der Waals surface area contributed by atoms with Crippen LogP contribution >= 0.6 is 0 Å². The molecule has 1 N–H and O–H groups in total. The quantitative estimate of drug-likeness (QED) is 0.483. The number of hydrogen-bond donors (Lipinski definition) is 1. The molecule has 4 aromatic rings. The van der Waals surface area contributed by atoms with Crippen molar-refractivity contribution in [2.24, 2.45) is 0 Å². The lowest BCUT2D eigenvalue weighted by Gasteiger charge is -2.25. The van der Waals surface area contributed by atoms with Crippen LogP contribution in [0.15, 0.2) is 79.1 Å². The number of benzene rings is 2. The highest BCUT2D eigenvalue weighted by molar-refractivity contribution is 6.05. The second-order valence-corrected chi connectivity index (χ2v) is 8.36. The van der Waals surface area contributed by atoms with Gasteiger partial charge in [0.05, 0.1) is 18.2 Å². The second-order valence-electron chi connectivity index (χ2n) is 8.36. The first-order chi connectivity index (χ1) is 16.7. The fourth-order valence-corrected chi connectivity index (χ4v) is 4.17. The summed E-state index contributed by atoms with van der Waals surface area (Å²) in [6.07, 6.45) is 3.11. The van der Waals surface area contributed by atoms with Crippen molar-refractivity contribution in [2.45, 2.75) is 19.3 Å². The average Bonchev–Trinajstić information content (AvgIpc) is 3.24. The number of nitrogens with one attached hydrogen (secondary N) is 1. The number of amides is 2. The molecule has 1 aliphatic rings. The van der Waals surface area contributed by atoms with Crippen molar-refractivity contribution in [1.82, 2.24) is 25.0 Å². The third-order valence-electron chi connectivity index (χ3n) is 5.91. The van der Waals surface area contributed by atoms with E-state index in [2.05, 4.69) is 15.2 Å². The molecule has 0 bridgehead atoms. The van der Waals surface area contributed by atoms with Crippen LogP contribution in [0.3, 0.4) is 0 Å². The van der Waals surface area contributed by atoms with E-state index in [9.17, 15) is 9.59 Å². The van der Waals surface area contributed by atoms with E-state index in [0.717, 1.165) is 22.0 Å². The summed E-state index contributed by atoms with van der Waals surface area (Å²) >= 11 is 0. The Labute approximate surface area is 197 Å². The van der Waals surface area contributed by atoms with E-state index in [1.807, 2.05) is 66.7 Å². The normalized spacial score (nSPS) is 16.6. The van der Waals surface area contributed by atoms with Gasteiger partial charge in [0.2, 0.25) is 5.91 Å². The molecule has 172 valence electrons. The Morgan fingerprint density at radius 2 is 1.79 bits per heavy atom. The van der Waals surface area contributed by atoms with Gasteiger partial charge < -0.3 is 14.5 Å². The van der Waals surface area contributed by atoms with Crippen LogP contribution in [0.25, 0.3) is 10.9 Å². The van der Waals surface area contributed by atoms with Gasteiger partial charge in [-0.3, -0.25) is 19.7 Å². The first-order valence-corrected chi connectivity index (χ1v) is 11.2. The Morgan fingerprint density at radius 1 is 1.00 bits per heavy atom. The third kappa shape index (κ3) is 4.82. The van der Waals surface area contributed by atoms with Crippen LogP contribution < -0.4 is 0 Å². The van der Waals surface area contributed by atoms with Crippen LogP contribution in [0.2, 0.25) is 0 Å². The maximum Gasteiger partial charge on any atom is 0.275 e. The van der Waals surface area contributed by atoms with Crippen molar-refractivity contribution in [3.63, 3.8) is 0 Å². The second kappa shape index (κ2) is 9.84. The molecule has 0 radical (unpaired) electrons. The van der Waals surface area contributed by atoms with Gasteiger partial charge >= 0.3 is 0 Å². The smallest absolute Gasteiger partial charge is 0.275 e. The van der Waals surface area contributed by atoms with E-state index in [1.54, 1.807) is 22.2 Å². The van der Waals surface area contributed by atoms with Crippen molar-refractivity contribution < 1.29 is 14.3 Å². The number of carbonyl (C=O) groups excluding carboxylic acids is 2. The number of rotatable bonds is 6. The minimum Gasteiger partial charge on any atom is -0.370 e.